The van der Waals surface area contributed by atoms with E-state index < -0.39 is 0 Å². The van der Waals surface area contributed by atoms with Gasteiger partial charge in [0.1, 0.15) is 0 Å². The predicted octanol–water partition coefficient (Wildman–Crippen LogP) is 1.66. The first-order valence-corrected chi connectivity index (χ1v) is 7.34. The van der Waals surface area contributed by atoms with Gasteiger partial charge in [0.15, 0.2) is 0 Å². The zero-order chi connectivity index (χ0) is 14.5. The van der Waals surface area contributed by atoms with Crippen molar-refractivity contribution in [3.8, 4) is 0 Å². The molecule has 2 N–H and O–H groups in total. The SMILES string of the molecule is CC(O)C1CCN(CC(=O)NCc2ccccc2Cl)C1. The number of benzene rings is 1. The highest BCUT2D eigenvalue weighted by molar-refractivity contribution is 6.31. The Bertz CT molecular complexity index is 465. The zero-order valence-electron chi connectivity index (χ0n) is 11.7. The van der Waals surface area contributed by atoms with Crippen molar-refractivity contribution in [1.29, 1.82) is 0 Å². The van der Waals surface area contributed by atoms with E-state index in [4.69, 9.17) is 11.6 Å². The Morgan fingerprint density at radius 2 is 2.30 bits per heavy atom. The summed E-state index contributed by atoms with van der Waals surface area (Å²) in [6.07, 6.45) is 0.654. The van der Waals surface area contributed by atoms with E-state index in [0.717, 1.165) is 25.1 Å². The minimum Gasteiger partial charge on any atom is -0.393 e. The molecular formula is C15H21ClN2O2. The van der Waals surface area contributed by atoms with Crippen LogP contribution in [0.5, 0.6) is 0 Å². The molecule has 0 spiro atoms. The molecule has 4 nitrogen and oxygen atoms in total. The van der Waals surface area contributed by atoms with E-state index >= 15 is 0 Å². The number of halogens is 1. The Morgan fingerprint density at radius 3 is 2.95 bits per heavy atom. The van der Waals surface area contributed by atoms with Crippen molar-refractivity contribution in [2.75, 3.05) is 19.6 Å². The summed E-state index contributed by atoms with van der Waals surface area (Å²) < 4.78 is 0. The number of carbonyl (C=O) groups excluding carboxylic acids is 1. The fourth-order valence-corrected chi connectivity index (χ4v) is 2.70. The van der Waals surface area contributed by atoms with Gasteiger partial charge >= 0.3 is 0 Å². The lowest BCUT2D eigenvalue weighted by Crippen LogP contribution is -2.36. The molecular weight excluding hydrogens is 276 g/mol. The number of likely N-dealkylation sites (tertiary alicyclic amines) is 1. The molecule has 5 heteroatoms. The third kappa shape index (κ3) is 4.20. The molecule has 0 bridgehead atoms. The summed E-state index contributed by atoms with van der Waals surface area (Å²) in [4.78, 5) is 14.0. The van der Waals surface area contributed by atoms with Crippen LogP contribution in [-0.2, 0) is 11.3 Å². The van der Waals surface area contributed by atoms with Crippen molar-refractivity contribution in [2.24, 2.45) is 5.92 Å². The first-order valence-electron chi connectivity index (χ1n) is 6.97. The van der Waals surface area contributed by atoms with Gasteiger partial charge in [0.25, 0.3) is 0 Å². The fourth-order valence-electron chi connectivity index (χ4n) is 2.49. The van der Waals surface area contributed by atoms with Crippen molar-refractivity contribution < 1.29 is 9.90 Å². The second-order valence-corrected chi connectivity index (χ2v) is 5.80. The molecule has 2 rings (SSSR count). The molecule has 0 aliphatic carbocycles. The topological polar surface area (TPSA) is 52.6 Å². The van der Waals surface area contributed by atoms with Crippen LogP contribution < -0.4 is 5.32 Å². The Labute approximate surface area is 124 Å². The van der Waals surface area contributed by atoms with Gasteiger partial charge in [-0.25, -0.2) is 0 Å². The maximum Gasteiger partial charge on any atom is 0.234 e. The van der Waals surface area contributed by atoms with Crippen LogP contribution in [0.15, 0.2) is 24.3 Å². The molecule has 1 saturated heterocycles. The number of amides is 1. The van der Waals surface area contributed by atoms with Crippen molar-refractivity contribution in [3.05, 3.63) is 34.9 Å². The van der Waals surface area contributed by atoms with Crippen LogP contribution in [0.25, 0.3) is 0 Å². The van der Waals surface area contributed by atoms with Crippen LogP contribution in [0.4, 0.5) is 0 Å². The second-order valence-electron chi connectivity index (χ2n) is 5.39. The van der Waals surface area contributed by atoms with E-state index in [1.807, 2.05) is 31.2 Å². The van der Waals surface area contributed by atoms with Gasteiger partial charge in [-0.1, -0.05) is 29.8 Å². The molecule has 0 radical (unpaired) electrons. The number of aliphatic hydroxyl groups excluding tert-OH is 1. The third-order valence-corrected chi connectivity index (χ3v) is 4.16. The molecule has 1 amide bonds. The van der Waals surface area contributed by atoms with E-state index in [-0.39, 0.29) is 17.9 Å². The molecule has 110 valence electrons. The van der Waals surface area contributed by atoms with Gasteiger partial charge in [0.05, 0.1) is 12.6 Å². The first kappa shape index (κ1) is 15.3. The van der Waals surface area contributed by atoms with E-state index in [1.165, 1.54) is 0 Å². The largest absolute Gasteiger partial charge is 0.393 e. The number of hydrogen-bond acceptors (Lipinski definition) is 3. The Hall–Kier alpha value is -1.10. The summed E-state index contributed by atoms with van der Waals surface area (Å²) in [6.45, 7) is 4.30. The van der Waals surface area contributed by atoms with Gasteiger partial charge in [-0.2, -0.15) is 0 Å². The third-order valence-electron chi connectivity index (χ3n) is 3.79. The average Bonchev–Trinajstić information content (AvgIpc) is 2.86. The van der Waals surface area contributed by atoms with Crippen molar-refractivity contribution >= 4 is 17.5 Å². The summed E-state index contributed by atoms with van der Waals surface area (Å²) in [5.74, 6) is 0.280. The molecule has 1 aliphatic rings. The molecule has 1 aliphatic heterocycles. The highest BCUT2D eigenvalue weighted by atomic mass is 35.5. The zero-order valence-corrected chi connectivity index (χ0v) is 12.4. The molecule has 2 atom stereocenters. The van der Waals surface area contributed by atoms with Crippen molar-refractivity contribution in [1.82, 2.24) is 10.2 Å². The number of nitrogens with zero attached hydrogens (tertiary/aromatic N) is 1. The summed E-state index contributed by atoms with van der Waals surface area (Å²) in [7, 11) is 0. The molecule has 0 saturated carbocycles. The first-order chi connectivity index (χ1) is 9.56. The lowest BCUT2D eigenvalue weighted by Gasteiger charge is -2.17. The number of hydrogen-bond donors (Lipinski definition) is 2. The monoisotopic (exact) mass is 296 g/mol. The minimum absolute atomic E-state index is 0.00355. The molecule has 2 unspecified atom stereocenters. The predicted molar refractivity (Wildman–Crippen MR) is 79.5 cm³/mol. The van der Waals surface area contributed by atoms with Gasteiger partial charge in [-0.3, -0.25) is 9.69 Å². The Morgan fingerprint density at radius 1 is 1.55 bits per heavy atom. The smallest absolute Gasteiger partial charge is 0.234 e. The van der Waals surface area contributed by atoms with Gasteiger partial charge in [-0.05, 0) is 37.4 Å². The average molecular weight is 297 g/mol. The van der Waals surface area contributed by atoms with E-state index in [1.54, 1.807) is 0 Å². The number of nitrogens with one attached hydrogen (secondary N) is 1. The van der Waals surface area contributed by atoms with Gasteiger partial charge in [0, 0.05) is 18.1 Å². The van der Waals surface area contributed by atoms with E-state index in [2.05, 4.69) is 10.2 Å². The summed E-state index contributed by atoms with van der Waals surface area (Å²) in [5, 5.41) is 13.1. The van der Waals surface area contributed by atoms with E-state index in [9.17, 15) is 9.90 Å². The molecule has 20 heavy (non-hydrogen) atoms. The highest BCUT2D eigenvalue weighted by Gasteiger charge is 2.26. The molecule has 0 aromatic heterocycles. The Kier molecular flexibility index (Phi) is 5.40. The number of carbonyl (C=O) groups is 1. The standard InChI is InChI=1S/C15H21ClN2O2/c1-11(19)13-6-7-18(9-13)10-15(20)17-8-12-4-2-3-5-14(12)16/h2-5,11,13,19H,6-10H2,1H3,(H,17,20). The normalized spacial score (nSPS) is 20.9. The fraction of sp³-hybridized carbons (Fsp3) is 0.533. The number of aliphatic hydroxyl groups is 1. The van der Waals surface area contributed by atoms with Gasteiger partial charge in [0.2, 0.25) is 5.91 Å². The summed E-state index contributed by atoms with van der Waals surface area (Å²) in [6, 6.07) is 7.49. The molecule has 1 fully saturated rings. The van der Waals surface area contributed by atoms with Crippen LogP contribution >= 0.6 is 11.6 Å². The van der Waals surface area contributed by atoms with Gasteiger partial charge < -0.3 is 10.4 Å². The van der Waals surface area contributed by atoms with Crippen LogP contribution in [-0.4, -0.2) is 41.7 Å². The summed E-state index contributed by atoms with van der Waals surface area (Å²) >= 11 is 6.04. The van der Waals surface area contributed by atoms with Crippen molar-refractivity contribution in [3.63, 3.8) is 0 Å². The molecule has 1 aromatic rings. The summed E-state index contributed by atoms with van der Waals surface area (Å²) in [5.41, 5.74) is 0.922. The highest BCUT2D eigenvalue weighted by Crippen LogP contribution is 2.19. The van der Waals surface area contributed by atoms with Crippen molar-refractivity contribution in [2.45, 2.75) is 26.0 Å². The van der Waals surface area contributed by atoms with Crippen LogP contribution in [0, 0.1) is 5.92 Å². The van der Waals surface area contributed by atoms with Crippen LogP contribution in [0.2, 0.25) is 5.02 Å². The van der Waals surface area contributed by atoms with Crippen LogP contribution in [0.1, 0.15) is 18.9 Å². The minimum atomic E-state index is -0.300. The lowest BCUT2D eigenvalue weighted by molar-refractivity contribution is -0.122. The van der Waals surface area contributed by atoms with E-state index in [0.29, 0.717) is 18.1 Å². The maximum atomic E-state index is 11.9. The lowest BCUT2D eigenvalue weighted by atomic mass is 10.0. The molecule has 1 heterocycles. The van der Waals surface area contributed by atoms with Gasteiger partial charge in [-0.15, -0.1) is 0 Å². The van der Waals surface area contributed by atoms with Crippen LogP contribution in [0.3, 0.4) is 0 Å². The molecule has 1 aromatic carbocycles. The maximum absolute atomic E-state index is 11.9. The second kappa shape index (κ2) is 7.07. The Balaban J connectivity index is 1.75. The number of rotatable bonds is 5. The quantitative estimate of drug-likeness (QED) is 0.869.